The van der Waals surface area contributed by atoms with Crippen molar-refractivity contribution in [1.82, 2.24) is 19.5 Å². The van der Waals surface area contributed by atoms with Gasteiger partial charge in [-0.2, -0.15) is 0 Å². The molecule has 0 fully saturated rings. The third kappa shape index (κ3) is 2.06. The largest absolute Gasteiger partial charge is 0.384 e. The van der Waals surface area contributed by atoms with Gasteiger partial charge in [0.25, 0.3) is 0 Å². The summed E-state index contributed by atoms with van der Waals surface area (Å²) in [7, 11) is 0. The standard InChI is InChI=1S/C14H13N5/c1-10-12(3-2-6-17-10)19-9-16-8-13(19)11-4-5-14(15)18-7-11/h2-9H,1H3,(H2,15,18). The van der Waals surface area contributed by atoms with Gasteiger partial charge in [0.15, 0.2) is 0 Å². The van der Waals surface area contributed by atoms with Gasteiger partial charge in [-0.25, -0.2) is 9.97 Å². The van der Waals surface area contributed by atoms with Gasteiger partial charge in [-0.05, 0) is 31.2 Å². The summed E-state index contributed by atoms with van der Waals surface area (Å²) in [5, 5.41) is 0. The van der Waals surface area contributed by atoms with Crippen LogP contribution in [-0.4, -0.2) is 19.5 Å². The molecular weight excluding hydrogens is 238 g/mol. The summed E-state index contributed by atoms with van der Waals surface area (Å²) >= 11 is 0. The fraction of sp³-hybridized carbons (Fsp3) is 0.0714. The van der Waals surface area contributed by atoms with Crippen molar-refractivity contribution >= 4 is 5.82 Å². The molecular formula is C14H13N5. The van der Waals surface area contributed by atoms with Crippen molar-refractivity contribution < 1.29 is 0 Å². The Morgan fingerprint density at radius 3 is 2.74 bits per heavy atom. The quantitative estimate of drug-likeness (QED) is 0.758. The molecule has 3 aromatic rings. The van der Waals surface area contributed by atoms with Crippen LogP contribution in [0.3, 0.4) is 0 Å². The lowest BCUT2D eigenvalue weighted by Crippen LogP contribution is -1.99. The van der Waals surface area contributed by atoms with E-state index in [4.69, 9.17) is 5.73 Å². The Kier molecular flexibility index (Phi) is 2.72. The lowest BCUT2D eigenvalue weighted by Gasteiger charge is -2.10. The molecule has 0 aromatic carbocycles. The number of nitrogens with two attached hydrogens (primary N) is 1. The van der Waals surface area contributed by atoms with E-state index in [9.17, 15) is 0 Å². The molecule has 2 N–H and O–H groups in total. The first-order valence-electron chi connectivity index (χ1n) is 5.92. The van der Waals surface area contributed by atoms with Gasteiger partial charge in [0.1, 0.15) is 5.82 Å². The molecule has 3 aromatic heterocycles. The third-order valence-corrected chi connectivity index (χ3v) is 2.96. The Bertz CT molecular complexity index is 700. The molecule has 3 heterocycles. The Balaban J connectivity index is 2.13. The number of anilines is 1. The van der Waals surface area contributed by atoms with Crippen molar-refractivity contribution in [2.75, 3.05) is 5.73 Å². The van der Waals surface area contributed by atoms with E-state index in [1.54, 1.807) is 31.0 Å². The monoisotopic (exact) mass is 251 g/mol. The average Bonchev–Trinajstić information content (AvgIpc) is 2.89. The van der Waals surface area contributed by atoms with Crippen LogP contribution in [0.25, 0.3) is 16.9 Å². The van der Waals surface area contributed by atoms with E-state index in [1.807, 2.05) is 29.7 Å². The van der Waals surface area contributed by atoms with Crippen molar-refractivity contribution in [2.45, 2.75) is 6.92 Å². The molecule has 94 valence electrons. The Morgan fingerprint density at radius 2 is 2.00 bits per heavy atom. The van der Waals surface area contributed by atoms with Crippen LogP contribution in [0.2, 0.25) is 0 Å². The van der Waals surface area contributed by atoms with Crippen molar-refractivity contribution in [3.05, 3.63) is 54.9 Å². The van der Waals surface area contributed by atoms with E-state index in [0.717, 1.165) is 22.6 Å². The molecule has 0 aliphatic rings. The molecule has 5 heteroatoms. The van der Waals surface area contributed by atoms with Crippen LogP contribution >= 0.6 is 0 Å². The van der Waals surface area contributed by atoms with Crippen LogP contribution in [0, 0.1) is 6.92 Å². The summed E-state index contributed by atoms with van der Waals surface area (Å²) in [6.07, 6.45) is 7.10. The van der Waals surface area contributed by atoms with Gasteiger partial charge in [0, 0.05) is 18.0 Å². The second kappa shape index (κ2) is 4.53. The van der Waals surface area contributed by atoms with Gasteiger partial charge < -0.3 is 5.73 Å². The first kappa shape index (κ1) is 11.4. The van der Waals surface area contributed by atoms with Gasteiger partial charge >= 0.3 is 0 Å². The third-order valence-electron chi connectivity index (χ3n) is 2.96. The van der Waals surface area contributed by atoms with Crippen LogP contribution in [0.5, 0.6) is 0 Å². The summed E-state index contributed by atoms with van der Waals surface area (Å²) in [5.74, 6) is 0.507. The van der Waals surface area contributed by atoms with Crippen molar-refractivity contribution in [3.63, 3.8) is 0 Å². The van der Waals surface area contributed by atoms with Crippen LogP contribution in [0.15, 0.2) is 49.2 Å². The highest BCUT2D eigenvalue weighted by atomic mass is 15.1. The molecule has 0 saturated carbocycles. The summed E-state index contributed by atoms with van der Waals surface area (Å²) < 4.78 is 2.00. The molecule has 0 atom stereocenters. The molecule has 0 amide bonds. The number of hydrogen-bond donors (Lipinski definition) is 1. The SMILES string of the molecule is Cc1ncccc1-n1cncc1-c1ccc(N)nc1. The van der Waals surface area contributed by atoms with Gasteiger partial charge in [0.05, 0.1) is 29.6 Å². The minimum absolute atomic E-state index is 0.507. The van der Waals surface area contributed by atoms with E-state index >= 15 is 0 Å². The lowest BCUT2D eigenvalue weighted by atomic mass is 10.2. The summed E-state index contributed by atoms with van der Waals surface area (Å²) in [6.45, 7) is 1.97. The molecule has 0 saturated heterocycles. The maximum absolute atomic E-state index is 5.61. The van der Waals surface area contributed by atoms with Gasteiger partial charge in [-0.3, -0.25) is 9.55 Å². The van der Waals surface area contributed by atoms with E-state index < -0.39 is 0 Å². The van der Waals surface area contributed by atoms with Gasteiger partial charge in [-0.15, -0.1) is 0 Å². The molecule has 19 heavy (non-hydrogen) atoms. The number of imidazole rings is 1. The van der Waals surface area contributed by atoms with Crippen LogP contribution in [-0.2, 0) is 0 Å². The number of hydrogen-bond acceptors (Lipinski definition) is 4. The fourth-order valence-corrected chi connectivity index (χ4v) is 1.99. The smallest absolute Gasteiger partial charge is 0.123 e. The van der Waals surface area contributed by atoms with Crippen LogP contribution in [0.1, 0.15) is 5.69 Å². The Hall–Kier alpha value is -2.69. The topological polar surface area (TPSA) is 69.6 Å². The molecule has 0 radical (unpaired) electrons. The lowest BCUT2D eigenvalue weighted by molar-refractivity contribution is 1.01. The second-order valence-electron chi connectivity index (χ2n) is 4.23. The number of nitrogens with zero attached hydrogens (tertiary/aromatic N) is 4. The minimum atomic E-state index is 0.507. The van der Waals surface area contributed by atoms with Crippen molar-refractivity contribution in [1.29, 1.82) is 0 Å². The fourth-order valence-electron chi connectivity index (χ4n) is 1.99. The molecule has 0 bridgehead atoms. The predicted octanol–water partition coefficient (Wildman–Crippen LogP) is 2.22. The van der Waals surface area contributed by atoms with Crippen LogP contribution in [0.4, 0.5) is 5.82 Å². The van der Waals surface area contributed by atoms with Gasteiger partial charge in [0.2, 0.25) is 0 Å². The van der Waals surface area contributed by atoms with E-state index in [2.05, 4.69) is 15.0 Å². The first-order chi connectivity index (χ1) is 9.25. The summed E-state index contributed by atoms with van der Waals surface area (Å²) in [4.78, 5) is 12.6. The van der Waals surface area contributed by atoms with Crippen molar-refractivity contribution in [3.8, 4) is 16.9 Å². The molecule has 0 spiro atoms. The average molecular weight is 251 g/mol. The Morgan fingerprint density at radius 1 is 1.11 bits per heavy atom. The highest BCUT2D eigenvalue weighted by Gasteiger charge is 2.09. The van der Waals surface area contributed by atoms with Crippen LogP contribution < -0.4 is 5.73 Å². The molecule has 3 rings (SSSR count). The first-order valence-corrected chi connectivity index (χ1v) is 5.92. The Labute approximate surface area is 110 Å². The minimum Gasteiger partial charge on any atom is -0.384 e. The number of aromatic nitrogens is 4. The zero-order chi connectivity index (χ0) is 13.2. The normalized spacial score (nSPS) is 10.6. The summed E-state index contributed by atoms with van der Waals surface area (Å²) in [5.41, 5.74) is 9.49. The molecule has 0 unspecified atom stereocenters. The highest BCUT2D eigenvalue weighted by Crippen LogP contribution is 2.23. The second-order valence-corrected chi connectivity index (χ2v) is 4.23. The van der Waals surface area contributed by atoms with E-state index in [0.29, 0.717) is 5.82 Å². The van der Waals surface area contributed by atoms with Crippen molar-refractivity contribution in [2.24, 2.45) is 0 Å². The maximum Gasteiger partial charge on any atom is 0.123 e. The predicted molar refractivity (Wildman–Crippen MR) is 73.7 cm³/mol. The number of rotatable bonds is 2. The molecule has 5 nitrogen and oxygen atoms in total. The summed E-state index contributed by atoms with van der Waals surface area (Å²) in [6, 6.07) is 7.63. The molecule has 0 aliphatic carbocycles. The van der Waals surface area contributed by atoms with E-state index in [-0.39, 0.29) is 0 Å². The molecule has 0 aliphatic heterocycles. The zero-order valence-corrected chi connectivity index (χ0v) is 10.5. The number of aryl methyl sites for hydroxylation is 1. The maximum atomic E-state index is 5.61. The van der Waals surface area contributed by atoms with Gasteiger partial charge in [-0.1, -0.05) is 0 Å². The number of nitrogen functional groups attached to an aromatic ring is 1. The zero-order valence-electron chi connectivity index (χ0n) is 10.5. The highest BCUT2D eigenvalue weighted by molar-refractivity contribution is 5.62. The van der Waals surface area contributed by atoms with E-state index in [1.165, 1.54) is 0 Å². The number of pyridine rings is 2.